The van der Waals surface area contributed by atoms with Gasteiger partial charge in [0.15, 0.2) is 0 Å². The second kappa shape index (κ2) is 8.97. The Morgan fingerprint density at radius 1 is 1.03 bits per heavy atom. The summed E-state index contributed by atoms with van der Waals surface area (Å²) in [6.07, 6.45) is 0. The molecule has 0 radical (unpaired) electrons. The van der Waals surface area contributed by atoms with Crippen LogP contribution in [-0.2, 0) is 16.7 Å². The molecule has 3 rings (SSSR count). The molecule has 0 heterocycles. The van der Waals surface area contributed by atoms with Crippen LogP contribution >= 0.6 is 0 Å². The number of non-ortho nitro benzene ring substituents is 1. The number of benzene rings is 3. The second-order valence-electron chi connectivity index (χ2n) is 6.96. The molecule has 0 spiro atoms. The number of rotatable bonds is 7. The summed E-state index contributed by atoms with van der Waals surface area (Å²) < 4.78 is 29.9. The zero-order valence-electron chi connectivity index (χ0n) is 16.9. The van der Waals surface area contributed by atoms with E-state index in [2.05, 4.69) is 0 Å². The molecule has 0 unspecified atom stereocenters. The van der Waals surface area contributed by atoms with Gasteiger partial charge in [-0.1, -0.05) is 35.9 Å². The van der Waals surface area contributed by atoms with Crippen molar-refractivity contribution in [1.82, 2.24) is 4.90 Å². The molecule has 8 nitrogen and oxygen atoms in total. The Hall–Kier alpha value is -3.72. The number of nitro benzene ring substituents is 1. The molecule has 0 bridgehead atoms. The lowest BCUT2D eigenvalue weighted by molar-refractivity contribution is -0.385. The van der Waals surface area contributed by atoms with Crippen LogP contribution in [0.4, 0.5) is 5.69 Å². The Bertz CT molecular complexity index is 1210. The molecule has 0 aromatic heterocycles. The number of amides is 1. The van der Waals surface area contributed by atoms with Crippen LogP contribution in [0, 0.1) is 17.0 Å². The minimum atomic E-state index is -4.26. The zero-order chi connectivity index (χ0) is 22.6. The van der Waals surface area contributed by atoms with Gasteiger partial charge in [-0.2, -0.15) is 8.42 Å². The van der Waals surface area contributed by atoms with Gasteiger partial charge >= 0.3 is 10.1 Å². The van der Waals surface area contributed by atoms with Gasteiger partial charge in [0, 0.05) is 31.3 Å². The maximum Gasteiger partial charge on any atom is 0.339 e. The highest BCUT2D eigenvalue weighted by Crippen LogP contribution is 2.23. The van der Waals surface area contributed by atoms with E-state index in [0.29, 0.717) is 12.1 Å². The molecule has 0 saturated carbocycles. The average molecular weight is 440 g/mol. The van der Waals surface area contributed by atoms with Crippen LogP contribution in [0.3, 0.4) is 0 Å². The fourth-order valence-corrected chi connectivity index (χ4v) is 3.81. The van der Waals surface area contributed by atoms with Crippen LogP contribution in [0.15, 0.2) is 77.7 Å². The predicted molar refractivity (Wildman–Crippen MR) is 114 cm³/mol. The van der Waals surface area contributed by atoms with Crippen LogP contribution in [0.2, 0.25) is 0 Å². The fourth-order valence-electron chi connectivity index (χ4n) is 2.84. The van der Waals surface area contributed by atoms with Crippen LogP contribution in [0.5, 0.6) is 5.75 Å². The molecule has 9 heteroatoms. The third-order valence-corrected chi connectivity index (χ3v) is 5.75. The summed E-state index contributed by atoms with van der Waals surface area (Å²) >= 11 is 0. The van der Waals surface area contributed by atoms with E-state index < -0.39 is 15.0 Å². The number of carbonyl (C=O) groups excluding carboxylic acids is 1. The van der Waals surface area contributed by atoms with E-state index in [4.69, 9.17) is 4.18 Å². The Balaban J connectivity index is 1.70. The first-order chi connectivity index (χ1) is 14.7. The third kappa shape index (κ3) is 5.46. The topological polar surface area (TPSA) is 107 Å². The van der Waals surface area contributed by atoms with Gasteiger partial charge in [0.25, 0.3) is 11.6 Å². The van der Waals surface area contributed by atoms with Crippen LogP contribution < -0.4 is 4.18 Å². The molecule has 0 aliphatic rings. The fraction of sp³-hybridized carbons (Fsp3) is 0.136. The third-order valence-electron chi connectivity index (χ3n) is 4.51. The van der Waals surface area contributed by atoms with Gasteiger partial charge in [-0.05, 0) is 42.8 Å². The average Bonchev–Trinajstić information content (AvgIpc) is 2.75. The molecule has 0 N–H and O–H groups in total. The first-order valence-corrected chi connectivity index (χ1v) is 10.7. The lowest BCUT2D eigenvalue weighted by Crippen LogP contribution is -2.26. The molecular formula is C22H20N2O6S. The summed E-state index contributed by atoms with van der Waals surface area (Å²) in [5.41, 5.74) is 2.13. The van der Waals surface area contributed by atoms with Crippen molar-refractivity contribution < 1.29 is 22.3 Å². The quantitative estimate of drug-likeness (QED) is 0.313. The largest absolute Gasteiger partial charge is 0.379 e. The van der Waals surface area contributed by atoms with E-state index in [-0.39, 0.29) is 22.2 Å². The molecule has 0 saturated heterocycles. The molecule has 160 valence electrons. The van der Waals surface area contributed by atoms with Crippen molar-refractivity contribution in [2.45, 2.75) is 18.4 Å². The highest BCUT2D eigenvalue weighted by atomic mass is 32.2. The SMILES string of the molecule is Cc1ccc(CN(C)C(=O)c2ccc(OS(=O)(=O)c3cccc([N+](=O)[O-])c3)cc2)cc1. The number of nitrogens with zero attached hydrogens (tertiary/aromatic N) is 2. The van der Waals surface area contributed by atoms with E-state index in [1.807, 2.05) is 31.2 Å². The standard InChI is InChI=1S/C22H20N2O6S/c1-16-6-8-17(9-7-16)15-23(2)22(25)18-10-12-20(13-11-18)30-31(28,29)21-5-3-4-19(14-21)24(26)27/h3-14H,15H2,1-2H3. The summed E-state index contributed by atoms with van der Waals surface area (Å²) in [4.78, 5) is 24.0. The minimum absolute atomic E-state index is 0.00996. The number of nitro groups is 1. The van der Waals surface area contributed by atoms with Crippen LogP contribution in [-0.4, -0.2) is 31.2 Å². The van der Waals surface area contributed by atoms with E-state index >= 15 is 0 Å². The van der Waals surface area contributed by atoms with Crippen molar-refractivity contribution >= 4 is 21.7 Å². The molecule has 0 aliphatic carbocycles. The normalized spacial score (nSPS) is 11.0. The lowest BCUT2D eigenvalue weighted by Gasteiger charge is -2.17. The summed E-state index contributed by atoms with van der Waals surface area (Å²) in [6, 6.07) is 18.1. The van der Waals surface area contributed by atoms with Crippen molar-refractivity contribution in [2.24, 2.45) is 0 Å². The Labute approximate surface area is 180 Å². The van der Waals surface area contributed by atoms with Gasteiger partial charge in [0.2, 0.25) is 0 Å². The summed E-state index contributed by atoms with van der Waals surface area (Å²) in [5.74, 6) is -0.238. The smallest absolute Gasteiger partial charge is 0.339 e. The first kappa shape index (κ1) is 22.0. The summed E-state index contributed by atoms with van der Waals surface area (Å²) in [6.45, 7) is 2.42. The van der Waals surface area contributed by atoms with Gasteiger partial charge in [-0.15, -0.1) is 0 Å². The molecule has 0 fully saturated rings. The maximum absolute atomic E-state index is 12.6. The van der Waals surface area contributed by atoms with Crippen molar-refractivity contribution in [3.8, 4) is 5.75 Å². The van der Waals surface area contributed by atoms with E-state index in [1.165, 1.54) is 42.5 Å². The number of hydrogen-bond acceptors (Lipinski definition) is 6. The highest BCUT2D eigenvalue weighted by Gasteiger charge is 2.20. The Morgan fingerprint density at radius 2 is 1.68 bits per heavy atom. The number of carbonyl (C=O) groups is 1. The molecule has 3 aromatic carbocycles. The molecule has 1 amide bonds. The summed E-state index contributed by atoms with van der Waals surface area (Å²) in [5, 5.41) is 10.9. The van der Waals surface area contributed by atoms with Gasteiger partial charge in [0.05, 0.1) is 4.92 Å². The monoisotopic (exact) mass is 440 g/mol. The van der Waals surface area contributed by atoms with Crippen LogP contribution in [0.1, 0.15) is 21.5 Å². The molecule has 31 heavy (non-hydrogen) atoms. The second-order valence-corrected chi connectivity index (χ2v) is 8.51. The van der Waals surface area contributed by atoms with Gasteiger partial charge in [-0.25, -0.2) is 0 Å². The van der Waals surface area contributed by atoms with Crippen molar-refractivity contribution in [1.29, 1.82) is 0 Å². The Kier molecular flexibility index (Phi) is 6.36. The van der Waals surface area contributed by atoms with Gasteiger partial charge in [0.1, 0.15) is 10.6 Å². The van der Waals surface area contributed by atoms with E-state index in [9.17, 15) is 23.3 Å². The van der Waals surface area contributed by atoms with Crippen LogP contribution in [0.25, 0.3) is 0 Å². The molecule has 0 atom stereocenters. The lowest BCUT2D eigenvalue weighted by atomic mass is 10.1. The molecule has 0 aliphatic heterocycles. The predicted octanol–water partition coefficient (Wildman–Crippen LogP) is 3.94. The van der Waals surface area contributed by atoms with E-state index in [0.717, 1.165) is 17.2 Å². The number of hydrogen-bond donors (Lipinski definition) is 0. The van der Waals surface area contributed by atoms with E-state index in [1.54, 1.807) is 11.9 Å². The van der Waals surface area contributed by atoms with Gasteiger partial charge in [-0.3, -0.25) is 14.9 Å². The minimum Gasteiger partial charge on any atom is -0.379 e. The molecular weight excluding hydrogens is 420 g/mol. The maximum atomic E-state index is 12.6. The van der Waals surface area contributed by atoms with Gasteiger partial charge < -0.3 is 9.08 Å². The summed E-state index contributed by atoms with van der Waals surface area (Å²) in [7, 11) is -2.58. The zero-order valence-corrected chi connectivity index (χ0v) is 17.7. The first-order valence-electron chi connectivity index (χ1n) is 9.26. The number of aryl methyl sites for hydroxylation is 1. The Morgan fingerprint density at radius 3 is 2.29 bits per heavy atom. The highest BCUT2D eigenvalue weighted by molar-refractivity contribution is 7.87. The van der Waals surface area contributed by atoms with Crippen molar-refractivity contribution in [3.05, 3.63) is 99.6 Å². The van der Waals surface area contributed by atoms with Crippen molar-refractivity contribution in [3.63, 3.8) is 0 Å². The van der Waals surface area contributed by atoms with Crippen molar-refractivity contribution in [2.75, 3.05) is 7.05 Å². The molecule has 3 aromatic rings.